The second-order valence-corrected chi connectivity index (χ2v) is 4.27. The molecule has 88 valence electrons. The molecule has 0 amide bonds. The topological polar surface area (TPSA) is 58.9 Å². The Balaban J connectivity index is 3.10. The lowest BCUT2D eigenvalue weighted by molar-refractivity contribution is -0.145. The molecule has 4 heteroatoms. The number of aliphatic imine (C=N–C) groups is 1. The van der Waals surface area contributed by atoms with Crippen LogP contribution < -0.4 is 0 Å². The van der Waals surface area contributed by atoms with Gasteiger partial charge in [0.2, 0.25) is 0 Å². The van der Waals surface area contributed by atoms with Crippen molar-refractivity contribution in [3.63, 3.8) is 0 Å². The number of hydrogen-bond acceptors (Lipinski definition) is 4. The number of carbonyl (C=O) groups excluding carboxylic acids is 1. The Morgan fingerprint density at radius 1 is 1.38 bits per heavy atom. The fourth-order valence-electron chi connectivity index (χ4n) is 1.32. The van der Waals surface area contributed by atoms with E-state index in [1.807, 2.05) is 0 Å². The lowest BCUT2D eigenvalue weighted by Crippen LogP contribution is -2.32. The van der Waals surface area contributed by atoms with E-state index in [1.54, 1.807) is 38.2 Å². The van der Waals surface area contributed by atoms with Gasteiger partial charge in [-0.15, -0.1) is 0 Å². The maximum absolute atomic E-state index is 11.6. The van der Waals surface area contributed by atoms with Crippen LogP contribution >= 0.6 is 0 Å². The maximum Gasteiger partial charge on any atom is 0.320 e. The van der Waals surface area contributed by atoms with E-state index in [-0.39, 0.29) is 12.6 Å². The zero-order valence-corrected chi connectivity index (χ0v) is 9.80. The monoisotopic (exact) mass is 223 g/mol. The van der Waals surface area contributed by atoms with Gasteiger partial charge in [0.1, 0.15) is 5.41 Å². The van der Waals surface area contributed by atoms with Gasteiger partial charge in [0.15, 0.2) is 0 Å². The molecule has 0 aromatic carbocycles. The molecule has 2 unspecified atom stereocenters. The predicted octanol–water partition coefficient (Wildman–Crippen LogP) is 1.11. The van der Waals surface area contributed by atoms with E-state index in [4.69, 9.17) is 4.74 Å². The summed E-state index contributed by atoms with van der Waals surface area (Å²) in [6.07, 6.45) is 8.56. The van der Waals surface area contributed by atoms with Crippen molar-refractivity contribution in [1.82, 2.24) is 0 Å². The average Bonchev–Trinajstić information content (AvgIpc) is 2.29. The Morgan fingerprint density at radius 3 is 2.56 bits per heavy atom. The molecule has 0 radical (unpaired) electrons. The summed E-state index contributed by atoms with van der Waals surface area (Å²) in [6.45, 7) is 3.40. The fourth-order valence-corrected chi connectivity index (χ4v) is 1.32. The zero-order valence-electron chi connectivity index (χ0n) is 9.80. The van der Waals surface area contributed by atoms with Gasteiger partial charge < -0.3 is 9.84 Å². The number of allylic oxidation sites excluding steroid dienone is 2. The van der Waals surface area contributed by atoms with E-state index >= 15 is 0 Å². The minimum absolute atomic E-state index is 0.106. The van der Waals surface area contributed by atoms with Gasteiger partial charge >= 0.3 is 5.97 Å². The molecule has 1 heterocycles. The fraction of sp³-hybridized carbons (Fsp3) is 0.500. The van der Waals surface area contributed by atoms with Crippen molar-refractivity contribution in [2.24, 2.45) is 10.4 Å². The van der Waals surface area contributed by atoms with Gasteiger partial charge in [-0.25, -0.2) is 0 Å². The van der Waals surface area contributed by atoms with E-state index in [2.05, 4.69) is 4.99 Å². The van der Waals surface area contributed by atoms with Gasteiger partial charge in [-0.2, -0.15) is 0 Å². The highest BCUT2D eigenvalue weighted by Crippen LogP contribution is 2.22. The standard InChI is InChI=1S/C12H17NO3/c1-11(10(15)16-3)6-4-5-7-12(2,9-14)13-8-11/h4-8,14H,9H2,1-3H3. The zero-order chi connectivity index (χ0) is 12.2. The summed E-state index contributed by atoms with van der Waals surface area (Å²) >= 11 is 0. The normalized spacial score (nSPS) is 33.2. The smallest absolute Gasteiger partial charge is 0.320 e. The Morgan fingerprint density at radius 2 is 2.00 bits per heavy atom. The highest BCUT2D eigenvalue weighted by molar-refractivity contribution is 5.97. The molecule has 2 atom stereocenters. The predicted molar refractivity (Wildman–Crippen MR) is 62.4 cm³/mol. The lowest BCUT2D eigenvalue weighted by atomic mass is 9.89. The Kier molecular flexibility index (Phi) is 3.65. The molecule has 1 N–H and O–H groups in total. The largest absolute Gasteiger partial charge is 0.468 e. The van der Waals surface area contributed by atoms with Gasteiger partial charge in [-0.1, -0.05) is 24.3 Å². The SMILES string of the molecule is COC(=O)C1(C)C=CC=CC(C)(CO)N=C1. The second kappa shape index (κ2) is 4.61. The molecule has 0 aromatic rings. The molecule has 0 aliphatic carbocycles. The molecule has 1 aliphatic rings. The summed E-state index contributed by atoms with van der Waals surface area (Å²) in [4.78, 5) is 15.8. The summed E-state index contributed by atoms with van der Waals surface area (Å²) in [7, 11) is 1.34. The maximum atomic E-state index is 11.6. The van der Waals surface area contributed by atoms with Crippen LogP contribution in [0.4, 0.5) is 0 Å². The molecule has 0 spiro atoms. The Labute approximate surface area is 95.3 Å². The van der Waals surface area contributed by atoms with E-state index in [0.717, 1.165) is 0 Å². The van der Waals surface area contributed by atoms with E-state index < -0.39 is 11.0 Å². The summed E-state index contributed by atoms with van der Waals surface area (Å²) in [5.41, 5.74) is -1.56. The van der Waals surface area contributed by atoms with Crippen LogP contribution in [0.5, 0.6) is 0 Å². The van der Waals surface area contributed by atoms with Crippen LogP contribution in [0, 0.1) is 5.41 Å². The summed E-state index contributed by atoms with van der Waals surface area (Å²) in [6, 6.07) is 0. The van der Waals surface area contributed by atoms with Crippen LogP contribution in [0.1, 0.15) is 13.8 Å². The number of aliphatic hydroxyl groups is 1. The minimum atomic E-state index is -0.879. The molecule has 1 aliphatic heterocycles. The number of nitrogens with zero attached hydrogens (tertiary/aromatic N) is 1. The first-order valence-corrected chi connectivity index (χ1v) is 5.08. The van der Waals surface area contributed by atoms with Crippen LogP contribution in [-0.2, 0) is 9.53 Å². The lowest BCUT2D eigenvalue weighted by Gasteiger charge is -2.24. The van der Waals surface area contributed by atoms with Crippen LogP contribution in [0.3, 0.4) is 0 Å². The Hall–Kier alpha value is -1.42. The first-order valence-electron chi connectivity index (χ1n) is 5.08. The number of carbonyl (C=O) groups is 1. The van der Waals surface area contributed by atoms with Gasteiger partial charge in [0.05, 0.1) is 19.3 Å². The minimum Gasteiger partial charge on any atom is -0.468 e. The number of rotatable bonds is 2. The third-order valence-corrected chi connectivity index (χ3v) is 2.58. The highest BCUT2D eigenvalue weighted by atomic mass is 16.5. The van der Waals surface area contributed by atoms with Gasteiger partial charge in [0, 0.05) is 6.21 Å². The second-order valence-electron chi connectivity index (χ2n) is 4.27. The molecule has 0 aromatic heterocycles. The van der Waals surface area contributed by atoms with Crippen molar-refractivity contribution < 1.29 is 14.6 Å². The molecule has 1 rings (SSSR count). The van der Waals surface area contributed by atoms with E-state index in [1.165, 1.54) is 13.3 Å². The average molecular weight is 223 g/mol. The Bertz CT molecular complexity index is 359. The van der Waals surface area contributed by atoms with Crippen LogP contribution in [0.25, 0.3) is 0 Å². The van der Waals surface area contributed by atoms with Crippen molar-refractivity contribution in [3.8, 4) is 0 Å². The molecule has 0 saturated carbocycles. The van der Waals surface area contributed by atoms with E-state index in [0.29, 0.717) is 0 Å². The molecule has 0 bridgehead atoms. The summed E-state index contributed by atoms with van der Waals surface area (Å²) in [5.74, 6) is -0.372. The highest BCUT2D eigenvalue weighted by Gasteiger charge is 2.31. The van der Waals surface area contributed by atoms with Crippen molar-refractivity contribution in [1.29, 1.82) is 0 Å². The first kappa shape index (κ1) is 12.6. The summed E-state index contributed by atoms with van der Waals surface area (Å²) in [5, 5.41) is 9.23. The van der Waals surface area contributed by atoms with Crippen LogP contribution in [-0.4, -0.2) is 36.5 Å². The molecule has 0 saturated heterocycles. The van der Waals surface area contributed by atoms with Crippen molar-refractivity contribution in [2.75, 3.05) is 13.7 Å². The number of aliphatic hydroxyl groups excluding tert-OH is 1. The molecular weight excluding hydrogens is 206 g/mol. The van der Waals surface area contributed by atoms with Gasteiger partial charge in [-0.3, -0.25) is 9.79 Å². The van der Waals surface area contributed by atoms with Gasteiger partial charge in [0.25, 0.3) is 0 Å². The molecule has 4 nitrogen and oxygen atoms in total. The quantitative estimate of drug-likeness (QED) is 0.713. The molecular formula is C12H17NO3. The van der Waals surface area contributed by atoms with Crippen molar-refractivity contribution in [3.05, 3.63) is 24.3 Å². The third-order valence-electron chi connectivity index (χ3n) is 2.58. The van der Waals surface area contributed by atoms with Gasteiger partial charge in [-0.05, 0) is 13.8 Å². The van der Waals surface area contributed by atoms with Crippen LogP contribution in [0.2, 0.25) is 0 Å². The molecule has 0 fully saturated rings. The number of methoxy groups -OCH3 is 1. The van der Waals surface area contributed by atoms with Crippen molar-refractivity contribution >= 4 is 12.2 Å². The first-order chi connectivity index (χ1) is 7.46. The third kappa shape index (κ3) is 2.58. The number of hydrogen-bond donors (Lipinski definition) is 1. The van der Waals surface area contributed by atoms with Crippen molar-refractivity contribution in [2.45, 2.75) is 19.4 Å². The van der Waals surface area contributed by atoms with E-state index in [9.17, 15) is 9.90 Å². The number of ether oxygens (including phenoxy) is 1. The summed E-state index contributed by atoms with van der Waals surface area (Å²) < 4.78 is 4.72. The van der Waals surface area contributed by atoms with Crippen LogP contribution in [0.15, 0.2) is 29.3 Å². The number of esters is 1. The molecule has 16 heavy (non-hydrogen) atoms.